The molecule has 4 rings (SSSR count). The van der Waals surface area contributed by atoms with Crippen LogP contribution in [0, 0.1) is 5.92 Å². The number of amides is 2. The SMILES string of the molecule is CCN1C(=O)CC(C(=O)OC)C12CCN(C(=O)c1csc(Cc3ccccc3)n1)CC2. The average Bonchev–Trinajstić information content (AvgIpc) is 3.36. The summed E-state index contributed by atoms with van der Waals surface area (Å²) in [5.74, 6) is -0.914. The lowest BCUT2D eigenvalue weighted by Gasteiger charge is -2.46. The second-order valence-electron chi connectivity index (χ2n) is 8.10. The molecular weight excluding hydrogens is 414 g/mol. The Morgan fingerprint density at radius 3 is 2.58 bits per heavy atom. The minimum absolute atomic E-state index is 0.0114. The maximum absolute atomic E-state index is 13.1. The first kappa shape index (κ1) is 21.5. The number of carbonyl (C=O) groups is 3. The fourth-order valence-corrected chi connectivity index (χ4v) is 5.79. The molecule has 2 aliphatic heterocycles. The highest BCUT2D eigenvalue weighted by atomic mass is 32.1. The van der Waals surface area contributed by atoms with Gasteiger partial charge in [0.15, 0.2) is 0 Å². The molecule has 3 heterocycles. The number of hydrogen-bond acceptors (Lipinski definition) is 6. The summed E-state index contributed by atoms with van der Waals surface area (Å²) in [6, 6.07) is 10.1. The van der Waals surface area contributed by atoms with Crippen molar-refractivity contribution in [1.82, 2.24) is 14.8 Å². The van der Waals surface area contributed by atoms with Crippen molar-refractivity contribution < 1.29 is 19.1 Å². The van der Waals surface area contributed by atoms with Crippen LogP contribution in [-0.4, -0.2) is 64.9 Å². The van der Waals surface area contributed by atoms with Crippen LogP contribution in [0.2, 0.25) is 0 Å². The predicted octanol–water partition coefficient (Wildman–Crippen LogP) is 2.75. The lowest BCUT2D eigenvalue weighted by Crippen LogP contribution is -2.58. The monoisotopic (exact) mass is 441 g/mol. The van der Waals surface area contributed by atoms with Crippen LogP contribution >= 0.6 is 11.3 Å². The molecule has 2 fully saturated rings. The molecule has 164 valence electrons. The molecule has 1 unspecified atom stereocenters. The Morgan fingerprint density at radius 1 is 1.23 bits per heavy atom. The number of rotatable bonds is 5. The number of piperidine rings is 1. The third kappa shape index (κ3) is 3.96. The molecule has 0 radical (unpaired) electrons. The molecule has 1 spiro atoms. The Kier molecular flexibility index (Phi) is 6.09. The van der Waals surface area contributed by atoms with Crippen molar-refractivity contribution in [2.24, 2.45) is 5.92 Å². The van der Waals surface area contributed by atoms with Gasteiger partial charge in [0.25, 0.3) is 5.91 Å². The van der Waals surface area contributed by atoms with Gasteiger partial charge < -0.3 is 14.5 Å². The molecule has 2 amide bonds. The van der Waals surface area contributed by atoms with Gasteiger partial charge in [0, 0.05) is 37.9 Å². The quantitative estimate of drug-likeness (QED) is 0.667. The van der Waals surface area contributed by atoms with Crippen molar-refractivity contribution in [1.29, 1.82) is 0 Å². The van der Waals surface area contributed by atoms with E-state index in [0.717, 1.165) is 10.6 Å². The Morgan fingerprint density at radius 2 is 1.94 bits per heavy atom. The van der Waals surface area contributed by atoms with E-state index in [1.54, 1.807) is 4.90 Å². The van der Waals surface area contributed by atoms with E-state index in [4.69, 9.17) is 4.74 Å². The van der Waals surface area contributed by atoms with Crippen molar-refractivity contribution in [3.63, 3.8) is 0 Å². The van der Waals surface area contributed by atoms with E-state index < -0.39 is 11.5 Å². The number of methoxy groups -OCH3 is 1. The van der Waals surface area contributed by atoms with Gasteiger partial charge in [-0.25, -0.2) is 4.98 Å². The molecule has 2 aromatic rings. The fourth-order valence-electron chi connectivity index (χ4n) is 4.99. The van der Waals surface area contributed by atoms with E-state index >= 15 is 0 Å². The van der Waals surface area contributed by atoms with E-state index in [1.807, 2.05) is 47.5 Å². The molecule has 1 aromatic heterocycles. The highest BCUT2D eigenvalue weighted by Crippen LogP contribution is 2.44. The summed E-state index contributed by atoms with van der Waals surface area (Å²) in [5.41, 5.74) is 1.07. The maximum Gasteiger partial charge on any atom is 0.311 e. The zero-order valence-corrected chi connectivity index (χ0v) is 18.7. The van der Waals surface area contributed by atoms with Gasteiger partial charge in [-0.1, -0.05) is 30.3 Å². The Labute approximate surface area is 186 Å². The average molecular weight is 442 g/mol. The van der Waals surface area contributed by atoms with Crippen molar-refractivity contribution in [3.8, 4) is 0 Å². The van der Waals surface area contributed by atoms with Gasteiger partial charge in [0.1, 0.15) is 5.69 Å². The second kappa shape index (κ2) is 8.78. The van der Waals surface area contributed by atoms with Gasteiger partial charge in [-0.2, -0.15) is 0 Å². The third-order valence-corrected chi connectivity index (χ3v) is 7.40. The Balaban J connectivity index is 1.45. The van der Waals surface area contributed by atoms with E-state index in [0.29, 0.717) is 44.6 Å². The van der Waals surface area contributed by atoms with E-state index in [1.165, 1.54) is 18.4 Å². The minimum Gasteiger partial charge on any atom is -0.469 e. The molecule has 2 saturated heterocycles. The first-order valence-electron chi connectivity index (χ1n) is 10.6. The number of aromatic nitrogens is 1. The van der Waals surface area contributed by atoms with Gasteiger partial charge in [-0.3, -0.25) is 14.4 Å². The minimum atomic E-state index is -0.559. The van der Waals surface area contributed by atoms with Crippen LogP contribution in [-0.2, 0) is 20.7 Å². The van der Waals surface area contributed by atoms with E-state index in [2.05, 4.69) is 4.98 Å². The molecular formula is C23H27N3O4S. The molecule has 0 saturated carbocycles. The number of esters is 1. The summed E-state index contributed by atoms with van der Waals surface area (Å²) in [6.07, 6.45) is 2.03. The van der Waals surface area contributed by atoms with Crippen molar-refractivity contribution in [2.45, 2.75) is 38.1 Å². The third-order valence-electron chi connectivity index (χ3n) is 6.55. The summed E-state index contributed by atoms with van der Waals surface area (Å²) in [7, 11) is 1.36. The van der Waals surface area contributed by atoms with Crippen LogP contribution in [0.4, 0.5) is 0 Å². The molecule has 31 heavy (non-hydrogen) atoms. The van der Waals surface area contributed by atoms with Gasteiger partial charge in [0.05, 0.1) is 23.6 Å². The van der Waals surface area contributed by atoms with Crippen LogP contribution in [0.5, 0.6) is 0 Å². The number of benzene rings is 1. The summed E-state index contributed by atoms with van der Waals surface area (Å²) in [5, 5.41) is 2.73. The molecule has 1 aromatic carbocycles. The second-order valence-corrected chi connectivity index (χ2v) is 9.05. The number of nitrogens with zero attached hydrogens (tertiary/aromatic N) is 3. The molecule has 0 N–H and O–H groups in total. The van der Waals surface area contributed by atoms with Crippen molar-refractivity contribution in [2.75, 3.05) is 26.7 Å². The Hall–Kier alpha value is -2.74. The standard InChI is InChI=1S/C23H27N3O4S/c1-3-26-20(27)14-17(22(29)30-2)23(26)9-11-25(12-10-23)21(28)18-15-31-19(24-18)13-16-7-5-4-6-8-16/h4-8,15,17H,3,9-14H2,1-2H3. The van der Waals surface area contributed by atoms with E-state index in [-0.39, 0.29) is 24.2 Å². The van der Waals surface area contributed by atoms with Crippen LogP contribution in [0.25, 0.3) is 0 Å². The molecule has 0 bridgehead atoms. The van der Waals surface area contributed by atoms with E-state index in [9.17, 15) is 14.4 Å². The highest BCUT2D eigenvalue weighted by Gasteiger charge is 2.56. The van der Waals surface area contributed by atoms with Gasteiger partial charge in [-0.05, 0) is 25.3 Å². The first-order valence-corrected chi connectivity index (χ1v) is 11.5. The van der Waals surface area contributed by atoms with Crippen molar-refractivity contribution >= 4 is 29.1 Å². The van der Waals surface area contributed by atoms with Gasteiger partial charge >= 0.3 is 5.97 Å². The first-order chi connectivity index (χ1) is 15.0. The summed E-state index contributed by atoms with van der Waals surface area (Å²) >= 11 is 1.49. The van der Waals surface area contributed by atoms with Crippen LogP contribution < -0.4 is 0 Å². The predicted molar refractivity (Wildman–Crippen MR) is 117 cm³/mol. The summed E-state index contributed by atoms with van der Waals surface area (Å²) < 4.78 is 4.99. The van der Waals surface area contributed by atoms with Crippen LogP contribution in [0.1, 0.15) is 47.2 Å². The number of hydrogen-bond donors (Lipinski definition) is 0. The summed E-state index contributed by atoms with van der Waals surface area (Å²) in [6.45, 7) is 3.46. The highest BCUT2D eigenvalue weighted by molar-refractivity contribution is 7.09. The zero-order chi connectivity index (χ0) is 22.0. The van der Waals surface area contributed by atoms with Gasteiger partial charge in [0.2, 0.25) is 5.91 Å². The van der Waals surface area contributed by atoms with Gasteiger partial charge in [-0.15, -0.1) is 11.3 Å². The lowest BCUT2D eigenvalue weighted by atomic mass is 9.76. The fraction of sp³-hybridized carbons (Fsp3) is 0.478. The zero-order valence-electron chi connectivity index (χ0n) is 17.9. The topological polar surface area (TPSA) is 79.8 Å². The van der Waals surface area contributed by atoms with Crippen molar-refractivity contribution in [3.05, 3.63) is 52.0 Å². The maximum atomic E-state index is 13.1. The number of likely N-dealkylation sites (tertiary alicyclic amines) is 2. The number of thiazole rings is 1. The number of carbonyl (C=O) groups excluding carboxylic acids is 3. The largest absolute Gasteiger partial charge is 0.469 e. The molecule has 8 heteroatoms. The Bertz CT molecular complexity index is 964. The molecule has 7 nitrogen and oxygen atoms in total. The van der Waals surface area contributed by atoms with Crippen LogP contribution in [0.3, 0.4) is 0 Å². The lowest BCUT2D eigenvalue weighted by molar-refractivity contribution is -0.150. The molecule has 2 aliphatic rings. The summed E-state index contributed by atoms with van der Waals surface area (Å²) in [4.78, 5) is 46.1. The number of ether oxygens (including phenoxy) is 1. The normalized spacial score (nSPS) is 20.3. The smallest absolute Gasteiger partial charge is 0.311 e. The van der Waals surface area contributed by atoms with Crippen LogP contribution in [0.15, 0.2) is 35.7 Å². The molecule has 0 aliphatic carbocycles. The molecule has 1 atom stereocenters.